The fourth-order valence-corrected chi connectivity index (χ4v) is 4.55. The highest BCUT2D eigenvalue weighted by atomic mass is 16.5. The third-order valence-electron chi connectivity index (χ3n) is 6.14. The van der Waals surface area contributed by atoms with Gasteiger partial charge in [-0.2, -0.15) is 0 Å². The third-order valence-corrected chi connectivity index (χ3v) is 6.14. The summed E-state index contributed by atoms with van der Waals surface area (Å²) in [6.07, 6.45) is 18.0. The van der Waals surface area contributed by atoms with E-state index in [1.165, 1.54) is 22.4 Å². The Hall–Kier alpha value is -3.24. The van der Waals surface area contributed by atoms with Crippen LogP contribution in [0.2, 0.25) is 0 Å². The molecule has 4 nitrogen and oxygen atoms in total. The largest absolute Gasteiger partial charge is 0.497 e. The van der Waals surface area contributed by atoms with Crippen molar-refractivity contribution in [2.75, 3.05) is 20.8 Å². The Morgan fingerprint density at radius 3 is 2.53 bits per heavy atom. The molecule has 0 saturated carbocycles. The van der Waals surface area contributed by atoms with Gasteiger partial charge in [-0.1, -0.05) is 56.4 Å². The molecule has 2 aliphatic rings. The standard InChI is InChI=1S/C28H31NO3.C2H6/c1-4-8-20(19-30)15-16-29-26-14-11-21-9-6-5-7-10-23(21)25(26)18-27(29)24-13-12-22(31-2)17-28(24)32-3;1-2/h4,6-10,12-13,15,17-18,30H,5,11,14,16,19H2,1-3H3;1-2H3/b8-4-,20-15+;. The molecular weight excluding hydrogens is 422 g/mol. The van der Waals surface area contributed by atoms with Crippen LogP contribution in [0.4, 0.5) is 0 Å². The molecule has 1 aromatic carbocycles. The highest BCUT2D eigenvalue weighted by molar-refractivity contribution is 5.85. The Labute approximate surface area is 204 Å². The molecule has 0 atom stereocenters. The number of allylic oxidation sites excluding steroid dienone is 8. The summed E-state index contributed by atoms with van der Waals surface area (Å²) in [4.78, 5) is 0. The van der Waals surface area contributed by atoms with E-state index in [0.717, 1.165) is 47.6 Å². The molecule has 1 aromatic heterocycles. The predicted molar refractivity (Wildman–Crippen MR) is 142 cm³/mol. The number of nitrogens with zero attached hydrogens (tertiary/aromatic N) is 1. The smallest absolute Gasteiger partial charge is 0.131 e. The summed E-state index contributed by atoms with van der Waals surface area (Å²) in [6, 6.07) is 8.26. The molecule has 2 aromatic rings. The molecule has 0 amide bonds. The van der Waals surface area contributed by atoms with Gasteiger partial charge in [0.05, 0.1) is 26.5 Å². The quantitative estimate of drug-likeness (QED) is 0.458. The zero-order chi connectivity index (χ0) is 24.5. The normalized spacial score (nSPS) is 14.9. The monoisotopic (exact) mass is 459 g/mol. The lowest BCUT2D eigenvalue weighted by Crippen LogP contribution is -2.09. The van der Waals surface area contributed by atoms with Crippen molar-refractivity contribution in [2.24, 2.45) is 0 Å². The zero-order valence-electron chi connectivity index (χ0n) is 21.1. The van der Waals surface area contributed by atoms with Gasteiger partial charge >= 0.3 is 0 Å². The van der Waals surface area contributed by atoms with Gasteiger partial charge in [-0.05, 0) is 61.1 Å². The summed E-state index contributed by atoms with van der Waals surface area (Å²) in [5.74, 6) is 1.55. The van der Waals surface area contributed by atoms with E-state index in [1.807, 2.05) is 45.1 Å². The van der Waals surface area contributed by atoms with Gasteiger partial charge in [0, 0.05) is 29.4 Å². The molecule has 0 saturated heterocycles. The summed E-state index contributed by atoms with van der Waals surface area (Å²) < 4.78 is 13.5. The van der Waals surface area contributed by atoms with Crippen molar-refractivity contribution in [2.45, 2.75) is 46.6 Å². The topological polar surface area (TPSA) is 43.6 Å². The summed E-state index contributed by atoms with van der Waals surface area (Å²) in [5.41, 5.74) is 8.37. The molecule has 0 radical (unpaired) electrons. The predicted octanol–water partition coefficient (Wildman–Crippen LogP) is 6.91. The first-order valence-corrected chi connectivity index (χ1v) is 12.1. The maximum absolute atomic E-state index is 9.75. The number of rotatable bonds is 7. The van der Waals surface area contributed by atoms with E-state index in [0.29, 0.717) is 6.54 Å². The van der Waals surface area contributed by atoms with E-state index in [1.54, 1.807) is 14.2 Å². The molecule has 4 heteroatoms. The van der Waals surface area contributed by atoms with Gasteiger partial charge in [-0.3, -0.25) is 0 Å². The number of fused-ring (bicyclic) bond motifs is 2. The second-order valence-electron chi connectivity index (χ2n) is 7.98. The molecule has 180 valence electrons. The number of hydrogen-bond donors (Lipinski definition) is 1. The van der Waals surface area contributed by atoms with Gasteiger partial charge in [0.15, 0.2) is 0 Å². The number of hydrogen-bond acceptors (Lipinski definition) is 3. The minimum absolute atomic E-state index is 0.0256. The summed E-state index contributed by atoms with van der Waals surface area (Å²) in [7, 11) is 3.36. The second-order valence-corrected chi connectivity index (χ2v) is 7.98. The van der Waals surface area contributed by atoms with Crippen LogP contribution in [0.3, 0.4) is 0 Å². The molecule has 0 aliphatic heterocycles. The van der Waals surface area contributed by atoms with E-state index < -0.39 is 0 Å². The number of methoxy groups -OCH3 is 2. The minimum Gasteiger partial charge on any atom is -0.497 e. The molecule has 0 fully saturated rings. The van der Waals surface area contributed by atoms with Crippen molar-refractivity contribution in [3.05, 3.63) is 89.2 Å². The van der Waals surface area contributed by atoms with E-state index in [-0.39, 0.29) is 6.61 Å². The van der Waals surface area contributed by atoms with E-state index in [9.17, 15) is 5.11 Å². The van der Waals surface area contributed by atoms with Crippen LogP contribution in [0, 0.1) is 0 Å². The van der Waals surface area contributed by atoms with Crippen LogP contribution in [0.15, 0.2) is 77.9 Å². The molecule has 0 bridgehead atoms. The van der Waals surface area contributed by atoms with Gasteiger partial charge in [0.1, 0.15) is 11.5 Å². The number of benzene rings is 1. The van der Waals surface area contributed by atoms with Crippen LogP contribution in [0.25, 0.3) is 16.8 Å². The third kappa shape index (κ3) is 5.28. The lowest BCUT2D eigenvalue weighted by Gasteiger charge is -2.20. The van der Waals surface area contributed by atoms with Crippen LogP contribution in [-0.2, 0) is 13.0 Å². The number of aromatic nitrogens is 1. The van der Waals surface area contributed by atoms with Crippen molar-refractivity contribution >= 4 is 5.57 Å². The van der Waals surface area contributed by atoms with E-state index in [2.05, 4.69) is 47.1 Å². The first kappa shape index (κ1) is 25.4. The number of aliphatic hydroxyl groups is 1. The average molecular weight is 460 g/mol. The van der Waals surface area contributed by atoms with Gasteiger partial charge in [0.2, 0.25) is 0 Å². The van der Waals surface area contributed by atoms with Crippen LogP contribution in [0.1, 0.15) is 44.9 Å². The van der Waals surface area contributed by atoms with E-state index in [4.69, 9.17) is 9.47 Å². The van der Waals surface area contributed by atoms with Crippen LogP contribution in [0.5, 0.6) is 11.5 Å². The fourth-order valence-electron chi connectivity index (χ4n) is 4.55. The van der Waals surface area contributed by atoms with Gasteiger partial charge in [0.25, 0.3) is 0 Å². The van der Waals surface area contributed by atoms with Crippen molar-refractivity contribution in [3.8, 4) is 22.8 Å². The molecule has 0 unspecified atom stereocenters. The molecule has 34 heavy (non-hydrogen) atoms. The zero-order valence-corrected chi connectivity index (χ0v) is 21.1. The van der Waals surface area contributed by atoms with Gasteiger partial charge in [-0.15, -0.1) is 0 Å². The molecule has 2 aliphatic carbocycles. The summed E-state index contributed by atoms with van der Waals surface area (Å²) in [6.45, 7) is 6.68. The summed E-state index contributed by atoms with van der Waals surface area (Å²) in [5, 5.41) is 9.75. The first-order chi connectivity index (χ1) is 16.7. The molecule has 0 spiro atoms. The Balaban J connectivity index is 0.00000158. The highest BCUT2D eigenvalue weighted by Gasteiger charge is 2.24. The lowest BCUT2D eigenvalue weighted by molar-refractivity contribution is 0.334. The van der Waals surface area contributed by atoms with Crippen LogP contribution >= 0.6 is 0 Å². The molecule has 1 N–H and O–H groups in total. The fraction of sp³-hybridized carbons (Fsp3) is 0.333. The van der Waals surface area contributed by atoms with E-state index >= 15 is 0 Å². The Morgan fingerprint density at radius 1 is 1.03 bits per heavy atom. The van der Waals surface area contributed by atoms with Crippen molar-refractivity contribution in [1.82, 2.24) is 4.57 Å². The Bertz CT molecular complexity index is 1140. The highest BCUT2D eigenvalue weighted by Crippen LogP contribution is 2.42. The SMILES string of the molecule is C/C=C\C(=C/Cn1c(-c2ccc(OC)cc2OC)cc2c1CCC1=C2C=CCC=C1)CO.CC. The average Bonchev–Trinajstić information content (AvgIpc) is 3.07. The van der Waals surface area contributed by atoms with Crippen molar-refractivity contribution in [1.29, 1.82) is 0 Å². The minimum atomic E-state index is 0.0256. The van der Waals surface area contributed by atoms with Crippen molar-refractivity contribution in [3.63, 3.8) is 0 Å². The van der Waals surface area contributed by atoms with Gasteiger partial charge in [-0.25, -0.2) is 0 Å². The second kappa shape index (κ2) is 12.3. The van der Waals surface area contributed by atoms with Crippen molar-refractivity contribution < 1.29 is 14.6 Å². The Morgan fingerprint density at radius 2 is 1.82 bits per heavy atom. The number of aliphatic hydroxyl groups excluding tert-OH is 1. The van der Waals surface area contributed by atoms with Crippen LogP contribution < -0.4 is 9.47 Å². The lowest BCUT2D eigenvalue weighted by atomic mass is 9.89. The van der Waals surface area contributed by atoms with Gasteiger partial charge < -0.3 is 19.1 Å². The molecule has 4 rings (SSSR count). The molecule has 1 heterocycles. The first-order valence-electron chi connectivity index (χ1n) is 12.1. The maximum Gasteiger partial charge on any atom is 0.131 e. The number of ether oxygens (including phenoxy) is 2. The molecular formula is C30H37NO3. The Kier molecular flexibility index (Phi) is 9.17. The van der Waals surface area contributed by atoms with Crippen LogP contribution in [-0.4, -0.2) is 30.5 Å². The maximum atomic E-state index is 9.75. The summed E-state index contributed by atoms with van der Waals surface area (Å²) >= 11 is 0.